The zero-order chi connectivity index (χ0) is 22.0. The second-order valence-electron chi connectivity index (χ2n) is 7.65. The summed E-state index contributed by atoms with van der Waals surface area (Å²) in [6.07, 6.45) is 2.81. The summed E-state index contributed by atoms with van der Waals surface area (Å²) in [5, 5.41) is 4.61. The highest BCUT2D eigenvalue weighted by molar-refractivity contribution is 6.31. The Balaban J connectivity index is 1.57. The van der Waals surface area contributed by atoms with E-state index in [2.05, 4.69) is 22.4 Å². The second kappa shape index (κ2) is 8.82. The molecule has 2 aromatic carbocycles. The van der Waals surface area contributed by atoms with Crippen LogP contribution >= 0.6 is 11.6 Å². The van der Waals surface area contributed by atoms with Crippen LogP contribution in [0, 0.1) is 13.8 Å². The topological polar surface area (TPSA) is 66.9 Å². The van der Waals surface area contributed by atoms with Crippen molar-refractivity contribution in [3.8, 4) is 0 Å². The first kappa shape index (κ1) is 20.9. The van der Waals surface area contributed by atoms with Crippen molar-refractivity contribution in [2.24, 2.45) is 0 Å². The maximum absolute atomic E-state index is 12.9. The molecule has 0 aliphatic rings. The van der Waals surface area contributed by atoms with Crippen molar-refractivity contribution < 1.29 is 4.79 Å². The Kier molecular flexibility index (Phi) is 5.96. The van der Waals surface area contributed by atoms with Crippen molar-refractivity contribution in [1.82, 2.24) is 14.9 Å². The molecule has 2 N–H and O–H groups in total. The van der Waals surface area contributed by atoms with Gasteiger partial charge in [-0.3, -0.25) is 9.59 Å². The first-order chi connectivity index (χ1) is 15.0. The van der Waals surface area contributed by atoms with E-state index in [1.807, 2.05) is 54.9 Å². The van der Waals surface area contributed by atoms with Crippen LogP contribution in [0.1, 0.15) is 32.9 Å². The molecule has 0 bridgehead atoms. The number of hydrogen-bond acceptors (Lipinski definition) is 2. The number of pyridine rings is 1. The number of aromatic amines is 1. The third-order valence-corrected chi connectivity index (χ3v) is 6.05. The maximum atomic E-state index is 12.9. The lowest BCUT2D eigenvalue weighted by atomic mass is 10.1. The quantitative estimate of drug-likeness (QED) is 0.459. The van der Waals surface area contributed by atoms with E-state index in [0.717, 1.165) is 23.2 Å². The largest absolute Gasteiger partial charge is 0.361 e. The number of nitrogens with one attached hydrogen (secondary N) is 2. The van der Waals surface area contributed by atoms with Gasteiger partial charge in [-0.15, -0.1) is 0 Å². The predicted molar refractivity (Wildman–Crippen MR) is 125 cm³/mol. The van der Waals surface area contributed by atoms with Crippen LogP contribution in [0.25, 0.3) is 10.9 Å². The molecule has 31 heavy (non-hydrogen) atoms. The number of halogens is 1. The average molecular weight is 434 g/mol. The van der Waals surface area contributed by atoms with Crippen molar-refractivity contribution in [3.63, 3.8) is 0 Å². The summed E-state index contributed by atoms with van der Waals surface area (Å²) >= 11 is 6.17. The van der Waals surface area contributed by atoms with E-state index in [1.54, 1.807) is 6.07 Å². The number of aryl methyl sites for hydroxylation is 2. The summed E-state index contributed by atoms with van der Waals surface area (Å²) in [5.41, 5.74) is 4.53. The van der Waals surface area contributed by atoms with Gasteiger partial charge in [-0.25, -0.2) is 0 Å². The molecule has 0 aliphatic heterocycles. The normalized spacial score (nSPS) is 11.1. The minimum Gasteiger partial charge on any atom is -0.361 e. The Morgan fingerprint density at radius 3 is 2.61 bits per heavy atom. The zero-order valence-corrected chi connectivity index (χ0v) is 18.3. The van der Waals surface area contributed by atoms with Crippen LogP contribution in [0.2, 0.25) is 5.02 Å². The molecule has 5 nitrogen and oxygen atoms in total. The number of carbonyl (C=O) groups excluding carboxylic acids is 1. The number of amides is 1. The third kappa shape index (κ3) is 4.28. The number of carbonyl (C=O) groups is 1. The summed E-state index contributed by atoms with van der Waals surface area (Å²) in [4.78, 5) is 28.8. The molecule has 0 unspecified atom stereocenters. The molecule has 0 atom stereocenters. The Morgan fingerprint density at radius 2 is 1.81 bits per heavy atom. The fourth-order valence-electron chi connectivity index (χ4n) is 4.01. The highest BCUT2D eigenvalue weighted by atomic mass is 35.5. The number of hydrogen-bond donors (Lipinski definition) is 2. The minimum absolute atomic E-state index is 0.177. The van der Waals surface area contributed by atoms with Crippen LogP contribution in [-0.2, 0) is 19.5 Å². The molecule has 2 aromatic heterocycles. The van der Waals surface area contributed by atoms with E-state index in [-0.39, 0.29) is 23.4 Å². The number of para-hydroxylation sites is 1. The van der Waals surface area contributed by atoms with E-state index in [1.165, 1.54) is 17.0 Å². The van der Waals surface area contributed by atoms with Gasteiger partial charge in [0.1, 0.15) is 5.56 Å². The van der Waals surface area contributed by atoms with Crippen LogP contribution in [0.15, 0.2) is 65.6 Å². The molecule has 4 rings (SSSR count). The Hall–Kier alpha value is -3.31. The van der Waals surface area contributed by atoms with Gasteiger partial charge in [-0.2, -0.15) is 0 Å². The van der Waals surface area contributed by atoms with Gasteiger partial charge in [0, 0.05) is 52.7 Å². The monoisotopic (exact) mass is 433 g/mol. The Bertz CT molecular complexity index is 1320. The lowest BCUT2D eigenvalue weighted by Gasteiger charge is -2.17. The molecule has 0 spiro atoms. The Morgan fingerprint density at radius 1 is 1.06 bits per heavy atom. The maximum Gasteiger partial charge on any atom is 0.257 e. The lowest BCUT2D eigenvalue weighted by Crippen LogP contribution is -2.31. The summed E-state index contributed by atoms with van der Waals surface area (Å²) in [7, 11) is 0. The fourth-order valence-corrected chi connectivity index (χ4v) is 4.22. The molecule has 1 amide bonds. The highest BCUT2D eigenvalue weighted by Gasteiger charge is 2.18. The van der Waals surface area contributed by atoms with Gasteiger partial charge in [0.25, 0.3) is 5.91 Å². The van der Waals surface area contributed by atoms with Crippen LogP contribution in [0.5, 0.6) is 0 Å². The van der Waals surface area contributed by atoms with Gasteiger partial charge in [-0.1, -0.05) is 48.0 Å². The van der Waals surface area contributed by atoms with Crippen molar-refractivity contribution in [3.05, 3.63) is 104 Å². The molecule has 0 saturated carbocycles. The van der Waals surface area contributed by atoms with E-state index in [4.69, 9.17) is 11.6 Å². The van der Waals surface area contributed by atoms with Gasteiger partial charge >= 0.3 is 0 Å². The smallest absolute Gasteiger partial charge is 0.257 e. The van der Waals surface area contributed by atoms with E-state index >= 15 is 0 Å². The van der Waals surface area contributed by atoms with E-state index in [9.17, 15) is 9.59 Å². The molecule has 0 fully saturated rings. The molecule has 6 heteroatoms. The summed E-state index contributed by atoms with van der Waals surface area (Å²) in [6.45, 7) is 4.66. The summed E-state index contributed by atoms with van der Waals surface area (Å²) < 4.78 is 2.04. The number of nitrogens with zero attached hydrogens (tertiary/aromatic N) is 1. The molecular weight excluding hydrogens is 410 g/mol. The molecule has 0 saturated heterocycles. The first-order valence-electron chi connectivity index (χ1n) is 10.2. The Labute approximate surface area is 185 Å². The van der Waals surface area contributed by atoms with Crippen molar-refractivity contribution in [2.75, 3.05) is 0 Å². The molecule has 0 aliphatic carbocycles. The summed E-state index contributed by atoms with van der Waals surface area (Å²) in [5.74, 6) is -0.386. The van der Waals surface area contributed by atoms with Crippen LogP contribution in [0.4, 0.5) is 0 Å². The van der Waals surface area contributed by atoms with Gasteiger partial charge < -0.3 is 14.9 Å². The van der Waals surface area contributed by atoms with Gasteiger partial charge in [0.2, 0.25) is 0 Å². The average Bonchev–Trinajstić information content (AvgIpc) is 3.16. The van der Waals surface area contributed by atoms with Crippen molar-refractivity contribution >= 4 is 28.4 Å². The summed E-state index contributed by atoms with van der Waals surface area (Å²) in [6, 6.07) is 17.0. The van der Waals surface area contributed by atoms with Crippen LogP contribution in [0.3, 0.4) is 0 Å². The zero-order valence-electron chi connectivity index (χ0n) is 17.5. The fraction of sp³-hybridized carbons (Fsp3) is 0.200. The van der Waals surface area contributed by atoms with Crippen molar-refractivity contribution in [2.45, 2.75) is 33.4 Å². The third-order valence-electron chi connectivity index (χ3n) is 5.68. The predicted octanol–water partition coefficient (Wildman–Crippen LogP) is 4.77. The standard InChI is InChI=1S/C25H24ClN3O2/c1-16-13-23(30)24(25(31)28-15-19-7-3-5-9-21(19)26)17(2)29(16)12-11-18-14-27-22-10-6-4-8-20(18)22/h3-10,13-14,27H,11-12,15H2,1-2H3,(H,28,31). The van der Waals surface area contributed by atoms with Gasteiger partial charge in [0.15, 0.2) is 5.43 Å². The van der Waals surface area contributed by atoms with E-state index < -0.39 is 0 Å². The van der Waals surface area contributed by atoms with Gasteiger partial charge in [-0.05, 0) is 43.5 Å². The highest BCUT2D eigenvalue weighted by Crippen LogP contribution is 2.20. The van der Waals surface area contributed by atoms with Crippen LogP contribution in [-0.4, -0.2) is 15.5 Å². The van der Waals surface area contributed by atoms with E-state index in [0.29, 0.717) is 17.3 Å². The van der Waals surface area contributed by atoms with Crippen LogP contribution < -0.4 is 10.7 Å². The van der Waals surface area contributed by atoms with Crippen molar-refractivity contribution in [1.29, 1.82) is 0 Å². The number of fused-ring (bicyclic) bond motifs is 1. The molecule has 2 heterocycles. The first-order valence-corrected chi connectivity index (χ1v) is 10.6. The molecule has 0 radical (unpaired) electrons. The minimum atomic E-state index is -0.386. The number of benzene rings is 2. The molecule has 4 aromatic rings. The number of H-pyrrole nitrogens is 1. The van der Waals surface area contributed by atoms with Gasteiger partial charge in [0.05, 0.1) is 0 Å². The SMILES string of the molecule is Cc1cc(=O)c(C(=O)NCc2ccccc2Cl)c(C)n1CCc1c[nH]c2ccccc12. The second-order valence-corrected chi connectivity index (χ2v) is 8.05. The molecule has 158 valence electrons. The number of rotatable bonds is 6. The number of aromatic nitrogens is 2. The lowest BCUT2D eigenvalue weighted by molar-refractivity contribution is 0.0948. The molecular formula is C25H24ClN3O2.